The molecule has 0 amide bonds. The number of halogens is 1. The second-order valence-electron chi connectivity index (χ2n) is 5.29. The molecule has 0 bridgehead atoms. The van der Waals surface area contributed by atoms with Gasteiger partial charge in [-0.3, -0.25) is 0 Å². The molecule has 6 nitrogen and oxygen atoms in total. The van der Waals surface area contributed by atoms with Crippen molar-refractivity contribution < 1.29 is 18.3 Å². The van der Waals surface area contributed by atoms with Gasteiger partial charge in [0.15, 0.2) is 15.5 Å². The number of rotatable bonds is 4. The van der Waals surface area contributed by atoms with Crippen LogP contribution in [-0.4, -0.2) is 29.3 Å². The average molecular weight is 421 g/mol. The van der Waals surface area contributed by atoms with Crippen LogP contribution in [0.4, 0.5) is 0 Å². The Balaban J connectivity index is 2.48. The summed E-state index contributed by atoms with van der Waals surface area (Å²) in [6, 6.07) is 7.13. The number of aromatic nitrogens is 2. The van der Waals surface area contributed by atoms with Crippen molar-refractivity contribution in [2.24, 2.45) is 0 Å². The topological polar surface area (TPSA) is 89.3 Å². The first-order chi connectivity index (χ1) is 11.8. The third-order valence-corrected chi connectivity index (χ3v) is 6.24. The van der Waals surface area contributed by atoms with Gasteiger partial charge in [0.1, 0.15) is 0 Å². The van der Waals surface area contributed by atoms with Crippen LogP contribution in [0.2, 0.25) is 0 Å². The highest BCUT2D eigenvalue weighted by molar-refractivity contribution is 9.10. The zero-order valence-electron chi connectivity index (χ0n) is 12.9. The molecule has 0 atom stereocenters. The molecule has 2 heterocycles. The molecule has 2 aromatic rings. The van der Waals surface area contributed by atoms with Gasteiger partial charge in [-0.15, -0.1) is 0 Å². The Morgan fingerprint density at radius 3 is 2.52 bits per heavy atom. The summed E-state index contributed by atoms with van der Waals surface area (Å²) in [5, 5.41) is 13.6. The zero-order valence-corrected chi connectivity index (χ0v) is 15.3. The highest BCUT2D eigenvalue weighted by Gasteiger charge is 2.36. The summed E-state index contributed by atoms with van der Waals surface area (Å²) >= 11 is 3.42. The zero-order chi connectivity index (χ0) is 18.4. The minimum absolute atomic E-state index is 0.0140. The van der Waals surface area contributed by atoms with Gasteiger partial charge in [-0.2, -0.15) is 5.10 Å². The van der Waals surface area contributed by atoms with E-state index in [0.29, 0.717) is 15.9 Å². The van der Waals surface area contributed by atoms with Gasteiger partial charge in [0, 0.05) is 15.6 Å². The van der Waals surface area contributed by atoms with Crippen molar-refractivity contribution in [3.63, 3.8) is 0 Å². The van der Waals surface area contributed by atoms with Crippen LogP contribution < -0.4 is 0 Å². The van der Waals surface area contributed by atoms with Gasteiger partial charge in [-0.25, -0.2) is 17.9 Å². The van der Waals surface area contributed by atoms with E-state index in [2.05, 4.69) is 34.2 Å². The fourth-order valence-corrected chi connectivity index (χ4v) is 4.85. The Morgan fingerprint density at radius 2 is 1.96 bits per heavy atom. The SMILES string of the molecule is C=CC1=C(C=C)S(=O)(=O)Cc2c(C(=O)O)nn(-c3ccccc3Br)c21. The number of aromatic carboxylic acids is 1. The molecule has 1 N–H and O–H groups in total. The molecule has 1 aromatic carbocycles. The molecule has 25 heavy (non-hydrogen) atoms. The highest BCUT2D eigenvalue weighted by atomic mass is 79.9. The van der Waals surface area contributed by atoms with Crippen LogP contribution in [-0.2, 0) is 15.6 Å². The van der Waals surface area contributed by atoms with Gasteiger partial charge in [0.25, 0.3) is 0 Å². The van der Waals surface area contributed by atoms with Gasteiger partial charge < -0.3 is 5.11 Å². The number of nitrogens with zero attached hydrogens (tertiary/aromatic N) is 2. The first-order valence-corrected chi connectivity index (χ1v) is 9.58. The number of carboxylic acid groups (broad SMARTS) is 1. The lowest BCUT2D eigenvalue weighted by Crippen LogP contribution is -2.17. The molecule has 0 unspecified atom stereocenters. The van der Waals surface area contributed by atoms with Crippen LogP contribution in [0.3, 0.4) is 0 Å². The van der Waals surface area contributed by atoms with Crippen LogP contribution in [0.15, 0.2) is 59.0 Å². The Bertz CT molecular complexity index is 1060. The standard InChI is InChI=1S/C17H13BrN2O4S/c1-3-10-14(4-2)25(23,24)9-11-15(17(21)22)19-20(16(10)11)13-8-6-5-7-12(13)18/h3-8H,1-2,9H2,(H,21,22). The maximum absolute atomic E-state index is 12.5. The largest absolute Gasteiger partial charge is 0.476 e. The van der Waals surface area contributed by atoms with Crippen LogP contribution in [0.25, 0.3) is 11.3 Å². The minimum atomic E-state index is -3.72. The Labute approximate surface area is 152 Å². The summed E-state index contributed by atoms with van der Waals surface area (Å²) in [7, 11) is -3.72. The molecule has 0 aliphatic carbocycles. The second-order valence-corrected chi connectivity index (χ2v) is 8.10. The summed E-state index contributed by atoms with van der Waals surface area (Å²) in [5.74, 6) is -1.74. The summed E-state index contributed by atoms with van der Waals surface area (Å²) in [5.41, 5.74) is 1.12. The van der Waals surface area contributed by atoms with E-state index in [4.69, 9.17) is 0 Å². The molecular weight excluding hydrogens is 408 g/mol. The van der Waals surface area contributed by atoms with E-state index < -0.39 is 21.6 Å². The van der Waals surface area contributed by atoms with Crippen molar-refractivity contribution in [1.82, 2.24) is 9.78 Å². The summed E-state index contributed by atoms with van der Waals surface area (Å²) in [4.78, 5) is 11.6. The number of fused-ring (bicyclic) bond motifs is 1. The number of carbonyl (C=O) groups is 1. The minimum Gasteiger partial charge on any atom is -0.476 e. The van der Waals surface area contributed by atoms with Crippen LogP contribution in [0.1, 0.15) is 21.7 Å². The molecule has 1 aromatic heterocycles. The summed E-state index contributed by atoms with van der Waals surface area (Å²) in [6.07, 6.45) is 2.63. The maximum Gasteiger partial charge on any atom is 0.356 e. The van der Waals surface area contributed by atoms with E-state index in [-0.39, 0.29) is 21.7 Å². The Morgan fingerprint density at radius 1 is 1.28 bits per heavy atom. The number of para-hydroxylation sites is 1. The van der Waals surface area contributed by atoms with E-state index >= 15 is 0 Å². The molecule has 1 aliphatic rings. The first kappa shape index (κ1) is 17.4. The predicted molar refractivity (Wildman–Crippen MR) is 98.2 cm³/mol. The van der Waals surface area contributed by atoms with Gasteiger partial charge >= 0.3 is 5.97 Å². The molecule has 0 spiro atoms. The van der Waals surface area contributed by atoms with Gasteiger partial charge in [-0.1, -0.05) is 37.4 Å². The van der Waals surface area contributed by atoms with Crippen molar-refractivity contribution in [1.29, 1.82) is 0 Å². The first-order valence-electron chi connectivity index (χ1n) is 7.14. The van der Waals surface area contributed by atoms with E-state index in [0.717, 1.165) is 0 Å². The van der Waals surface area contributed by atoms with Gasteiger partial charge in [0.2, 0.25) is 0 Å². The average Bonchev–Trinajstić information content (AvgIpc) is 2.91. The van der Waals surface area contributed by atoms with Gasteiger partial charge in [0.05, 0.1) is 22.0 Å². The van der Waals surface area contributed by atoms with Crippen molar-refractivity contribution in [2.45, 2.75) is 5.75 Å². The number of allylic oxidation sites excluding steroid dienone is 3. The van der Waals surface area contributed by atoms with Crippen LogP contribution >= 0.6 is 15.9 Å². The quantitative estimate of drug-likeness (QED) is 0.818. The van der Waals surface area contributed by atoms with Crippen molar-refractivity contribution in [3.05, 3.63) is 75.9 Å². The number of carboxylic acids is 1. The summed E-state index contributed by atoms with van der Waals surface area (Å²) in [6.45, 7) is 7.26. The van der Waals surface area contributed by atoms with Crippen molar-refractivity contribution in [3.8, 4) is 5.69 Å². The monoisotopic (exact) mass is 420 g/mol. The summed E-state index contributed by atoms with van der Waals surface area (Å²) < 4.78 is 27.2. The number of hydrogen-bond donors (Lipinski definition) is 1. The number of hydrogen-bond acceptors (Lipinski definition) is 4. The molecule has 0 saturated carbocycles. The van der Waals surface area contributed by atoms with E-state index in [9.17, 15) is 18.3 Å². The van der Waals surface area contributed by atoms with Crippen molar-refractivity contribution in [2.75, 3.05) is 0 Å². The predicted octanol–water partition coefficient (Wildman–Crippen LogP) is 3.34. The Hall–Kier alpha value is -2.45. The molecular formula is C17H13BrN2O4S. The third kappa shape index (κ3) is 2.67. The molecule has 0 radical (unpaired) electrons. The van der Waals surface area contributed by atoms with E-state index in [1.54, 1.807) is 18.2 Å². The normalized spacial score (nSPS) is 15.6. The number of benzene rings is 1. The molecule has 128 valence electrons. The highest BCUT2D eigenvalue weighted by Crippen LogP contribution is 2.38. The lowest BCUT2D eigenvalue weighted by molar-refractivity contribution is 0.0689. The van der Waals surface area contributed by atoms with Crippen molar-refractivity contribution >= 4 is 37.3 Å². The van der Waals surface area contributed by atoms with E-state index in [1.165, 1.54) is 16.8 Å². The van der Waals surface area contributed by atoms with E-state index in [1.807, 2.05) is 6.07 Å². The second kappa shape index (κ2) is 6.12. The molecule has 8 heteroatoms. The molecule has 0 fully saturated rings. The fourth-order valence-electron chi connectivity index (χ4n) is 2.82. The van der Waals surface area contributed by atoms with Crippen LogP contribution in [0, 0.1) is 0 Å². The smallest absolute Gasteiger partial charge is 0.356 e. The lowest BCUT2D eigenvalue weighted by Gasteiger charge is -2.19. The molecule has 3 rings (SSSR count). The fraction of sp³-hybridized carbons (Fsp3) is 0.0588. The third-order valence-electron chi connectivity index (χ3n) is 3.85. The Kier molecular flexibility index (Phi) is 4.26. The number of sulfone groups is 1. The van der Waals surface area contributed by atoms with Gasteiger partial charge in [-0.05, 0) is 28.1 Å². The maximum atomic E-state index is 12.5. The molecule has 1 aliphatic heterocycles. The molecule has 0 saturated heterocycles. The van der Waals surface area contributed by atoms with Crippen LogP contribution in [0.5, 0.6) is 0 Å². The lowest BCUT2D eigenvalue weighted by atomic mass is 10.1.